The molecule has 0 amide bonds. The van der Waals surface area contributed by atoms with Crippen molar-refractivity contribution < 1.29 is 8.42 Å². The number of halogens is 2. The molecule has 0 bridgehead atoms. The molecule has 102 valence electrons. The first-order valence-corrected chi connectivity index (χ1v) is 8.60. The van der Waals surface area contributed by atoms with Crippen LogP contribution in [0.25, 0.3) is 0 Å². The van der Waals surface area contributed by atoms with E-state index in [1.54, 1.807) is 12.1 Å². The number of hydrogen-bond donors (Lipinski definition) is 2. The summed E-state index contributed by atoms with van der Waals surface area (Å²) < 4.78 is 28.0. The second kappa shape index (κ2) is 5.32. The number of nitrogens with two attached hydrogens (primary N) is 1. The zero-order chi connectivity index (χ0) is 14.2. The summed E-state index contributed by atoms with van der Waals surface area (Å²) in [5, 5.41) is 0. The topological polar surface area (TPSA) is 72.2 Å². The van der Waals surface area contributed by atoms with E-state index in [4.69, 9.17) is 17.3 Å². The van der Waals surface area contributed by atoms with Gasteiger partial charge in [0.25, 0.3) is 10.0 Å². The van der Waals surface area contributed by atoms with E-state index in [-0.39, 0.29) is 4.21 Å². The number of nitrogen functional groups attached to an aromatic ring is 1. The Bertz CT molecular complexity index is 705. The minimum absolute atomic E-state index is 0.143. The highest BCUT2D eigenvalue weighted by Gasteiger charge is 2.19. The van der Waals surface area contributed by atoms with Gasteiger partial charge in [-0.25, -0.2) is 8.42 Å². The van der Waals surface area contributed by atoms with Crippen LogP contribution < -0.4 is 10.5 Å². The Kier molecular flexibility index (Phi) is 4.10. The van der Waals surface area contributed by atoms with Gasteiger partial charge in [0.2, 0.25) is 0 Å². The number of benzene rings is 1. The van der Waals surface area contributed by atoms with Crippen molar-refractivity contribution in [2.75, 3.05) is 10.5 Å². The molecule has 0 aliphatic carbocycles. The van der Waals surface area contributed by atoms with Gasteiger partial charge in [-0.3, -0.25) is 4.72 Å². The molecule has 0 aliphatic heterocycles. The van der Waals surface area contributed by atoms with Gasteiger partial charge in [0, 0.05) is 4.47 Å². The van der Waals surface area contributed by atoms with E-state index in [0.29, 0.717) is 20.2 Å². The summed E-state index contributed by atoms with van der Waals surface area (Å²) >= 11 is 10.0. The molecule has 2 aromatic rings. The highest BCUT2D eigenvalue weighted by Crippen LogP contribution is 2.34. The minimum Gasteiger partial charge on any atom is -0.397 e. The van der Waals surface area contributed by atoms with Crippen LogP contribution in [0.4, 0.5) is 11.4 Å². The zero-order valence-corrected chi connectivity index (χ0v) is 13.8. The van der Waals surface area contributed by atoms with Crippen molar-refractivity contribution in [1.82, 2.24) is 0 Å². The fourth-order valence-corrected chi connectivity index (χ4v) is 4.92. The summed E-state index contributed by atoms with van der Waals surface area (Å²) in [6.07, 6.45) is 0. The van der Waals surface area contributed by atoms with Crippen molar-refractivity contribution in [1.29, 1.82) is 0 Å². The molecule has 0 saturated heterocycles. The first-order valence-electron chi connectivity index (χ1n) is 5.13. The molecule has 1 aromatic carbocycles. The first kappa shape index (κ1) is 14.6. The molecule has 0 radical (unpaired) electrons. The summed E-state index contributed by atoms with van der Waals surface area (Å²) in [5.74, 6) is 0. The third kappa shape index (κ3) is 3.22. The van der Waals surface area contributed by atoms with Gasteiger partial charge in [0.05, 0.1) is 15.7 Å². The molecule has 0 saturated carbocycles. The van der Waals surface area contributed by atoms with E-state index in [9.17, 15) is 8.42 Å². The van der Waals surface area contributed by atoms with Crippen molar-refractivity contribution in [3.8, 4) is 0 Å². The third-order valence-electron chi connectivity index (χ3n) is 2.31. The van der Waals surface area contributed by atoms with E-state index in [1.807, 2.05) is 6.92 Å². The predicted molar refractivity (Wildman–Crippen MR) is 83.4 cm³/mol. The number of anilines is 2. The maximum atomic E-state index is 12.2. The fourth-order valence-electron chi connectivity index (χ4n) is 1.50. The monoisotopic (exact) mass is 380 g/mol. The Morgan fingerprint density at radius 3 is 2.58 bits per heavy atom. The van der Waals surface area contributed by atoms with Gasteiger partial charge in [-0.1, -0.05) is 11.6 Å². The summed E-state index contributed by atoms with van der Waals surface area (Å²) in [7, 11) is -3.68. The summed E-state index contributed by atoms with van der Waals surface area (Å²) in [4.78, 5) is 0. The lowest BCUT2D eigenvalue weighted by Crippen LogP contribution is -2.13. The molecule has 0 atom stereocenters. The average Bonchev–Trinajstić information content (AvgIpc) is 2.71. The van der Waals surface area contributed by atoms with Crippen molar-refractivity contribution in [3.63, 3.8) is 0 Å². The summed E-state index contributed by atoms with van der Waals surface area (Å²) in [6.45, 7) is 1.87. The lowest BCUT2D eigenvalue weighted by molar-refractivity contribution is 0.603. The van der Waals surface area contributed by atoms with Crippen LogP contribution in [0.15, 0.2) is 32.9 Å². The third-order valence-corrected chi connectivity index (χ3v) is 6.01. The van der Waals surface area contributed by atoms with Crippen LogP contribution in [0, 0.1) is 6.92 Å². The predicted octanol–water partition coefficient (Wildman–Crippen LogP) is 3.86. The molecule has 0 aliphatic rings. The van der Waals surface area contributed by atoms with E-state index < -0.39 is 10.0 Å². The standard InChI is InChI=1S/C11H10BrClN2O2S2/c1-6-4-7(12)11(8(14)5-6)15-19(16,17)10-3-2-9(13)18-10/h2-5,15H,14H2,1H3. The molecule has 1 heterocycles. The zero-order valence-electron chi connectivity index (χ0n) is 9.78. The second-order valence-corrected chi connectivity index (χ2v) is 8.35. The molecule has 1 aromatic heterocycles. The molecule has 19 heavy (non-hydrogen) atoms. The van der Waals surface area contributed by atoms with Crippen LogP contribution in [0.5, 0.6) is 0 Å². The molecule has 0 fully saturated rings. The van der Waals surface area contributed by atoms with Gasteiger partial charge < -0.3 is 5.73 Å². The Hall–Kier alpha value is -0.760. The molecule has 0 spiro atoms. The van der Waals surface area contributed by atoms with Gasteiger partial charge >= 0.3 is 0 Å². The van der Waals surface area contributed by atoms with E-state index in [0.717, 1.165) is 16.9 Å². The van der Waals surface area contributed by atoms with Crippen LogP contribution in [0.2, 0.25) is 4.34 Å². The molecule has 3 N–H and O–H groups in total. The number of hydrogen-bond acceptors (Lipinski definition) is 4. The van der Waals surface area contributed by atoms with Crippen LogP contribution in [0.1, 0.15) is 5.56 Å². The van der Waals surface area contributed by atoms with Crippen LogP contribution >= 0.6 is 38.9 Å². The van der Waals surface area contributed by atoms with Crippen molar-refractivity contribution in [2.45, 2.75) is 11.1 Å². The normalized spacial score (nSPS) is 11.5. The van der Waals surface area contributed by atoms with Gasteiger partial charge in [-0.15, -0.1) is 11.3 Å². The molecule has 4 nitrogen and oxygen atoms in total. The molecular weight excluding hydrogens is 372 g/mol. The first-order chi connectivity index (χ1) is 8.79. The molecular formula is C11H10BrClN2O2S2. The SMILES string of the molecule is Cc1cc(N)c(NS(=O)(=O)c2ccc(Cl)s2)c(Br)c1. The minimum atomic E-state index is -3.68. The quantitative estimate of drug-likeness (QED) is 0.793. The average molecular weight is 382 g/mol. The molecule has 0 unspecified atom stereocenters. The fraction of sp³-hybridized carbons (Fsp3) is 0.0909. The Balaban J connectivity index is 2.41. The smallest absolute Gasteiger partial charge is 0.271 e. The maximum absolute atomic E-state index is 12.2. The van der Waals surface area contributed by atoms with Crippen LogP contribution in [-0.2, 0) is 10.0 Å². The second-order valence-electron chi connectivity index (χ2n) is 3.88. The van der Waals surface area contributed by atoms with E-state index in [1.165, 1.54) is 12.1 Å². The number of aryl methyl sites for hydroxylation is 1. The van der Waals surface area contributed by atoms with E-state index >= 15 is 0 Å². The van der Waals surface area contributed by atoms with Crippen LogP contribution in [-0.4, -0.2) is 8.42 Å². The summed E-state index contributed by atoms with van der Waals surface area (Å²) in [6, 6.07) is 6.47. The Morgan fingerprint density at radius 2 is 2.05 bits per heavy atom. The largest absolute Gasteiger partial charge is 0.397 e. The van der Waals surface area contributed by atoms with Gasteiger partial charge in [-0.05, 0) is 52.7 Å². The highest BCUT2D eigenvalue weighted by atomic mass is 79.9. The molecule has 8 heteroatoms. The van der Waals surface area contributed by atoms with Crippen molar-refractivity contribution in [2.24, 2.45) is 0 Å². The molecule has 2 rings (SSSR count). The van der Waals surface area contributed by atoms with Gasteiger partial charge in [0.15, 0.2) is 0 Å². The van der Waals surface area contributed by atoms with Crippen molar-refractivity contribution >= 4 is 60.3 Å². The summed E-state index contributed by atoms with van der Waals surface area (Å²) in [5.41, 5.74) is 7.46. The highest BCUT2D eigenvalue weighted by molar-refractivity contribution is 9.10. The van der Waals surface area contributed by atoms with Gasteiger partial charge in [-0.2, -0.15) is 0 Å². The number of rotatable bonds is 3. The van der Waals surface area contributed by atoms with Gasteiger partial charge in [0.1, 0.15) is 4.21 Å². The lowest BCUT2D eigenvalue weighted by atomic mass is 10.2. The van der Waals surface area contributed by atoms with Crippen LogP contribution in [0.3, 0.4) is 0 Å². The van der Waals surface area contributed by atoms with E-state index in [2.05, 4.69) is 20.7 Å². The number of thiophene rings is 1. The number of sulfonamides is 1. The Labute approximate surface area is 128 Å². The lowest BCUT2D eigenvalue weighted by Gasteiger charge is -2.12. The Morgan fingerprint density at radius 1 is 1.37 bits per heavy atom. The maximum Gasteiger partial charge on any atom is 0.271 e. The number of nitrogens with one attached hydrogen (secondary N) is 1. The van der Waals surface area contributed by atoms with Crippen molar-refractivity contribution in [3.05, 3.63) is 38.6 Å².